The summed E-state index contributed by atoms with van der Waals surface area (Å²) in [6, 6.07) is 7.82. The lowest BCUT2D eigenvalue weighted by Crippen LogP contribution is -2.24. The second-order valence-electron chi connectivity index (χ2n) is 5.01. The van der Waals surface area contributed by atoms with E-state index < -0.39 is 0 Å². The van der Waals surface area contributed by atoms with Gasteiger partial charge in [0, 0.05) is 12.3 Å². The Kier molecular flexibility index (Phi) is 5.40. The summed E-state index contributed by atoms with van der Waals surface area (Å²) in [5, 5.41) is 0. The average Bonchev–Trinajstić information content (AvgIpc) is 2.47. The molecule has 2 rings (SSSR count). The Balaban J connectivity index is 1.95. The minimum absolute atomic E-state index is 0.00461. The molecular formula is C16H22O3. The summed E-state index contributed by atoms with van der Waals surface area (Å²) >= 11 is 0. The highest BCUT2D eigenvalue weighted by atomic mass is 16.7. The van der Waals surface area contributed by atoms with Gasteiger partial charge in [0.25, 0.3) is 0 Å². The molecule has 2 unspecified atom stereocenters. The van der Waals surface area contributed by atoms with Crippen molar-refractivity contribution in [1.82, 2.24) is 0 Å². The summed E-state index contributed by atoms with van der Waals surface area (Å²) < 4.78 is 11.3. The van der Waals surface area contributed by atoms with E-state index in [-0.39, 0.29) is 12.2 Å². The molecular weight excluding hydrogens is 240 g/mol. The Morgan fingerprint density at radius 1 is 1.37 bits per heavy atom. The summed E-state index contributed by atoms with van der Waals surface area (Å²) in [6.07, 6.45) is 6.06. The van der Waals surface area contributed by atoms with Crippen molar-refractivity contribution in [3.8, 4) is 5.75 Å². The number of carbonyl (C=O) groups excluding carboxylic acids is 1. The largest absolute Gasteiger partial charge is 0.465 e. The first kappa shape index (κ1) is 14.1. The minimum atomic E-state index is -0.114. The molecule has 1 aromatic carbocycles. The Labute approximate surface area is 114 Å². The third-order valence-corrected chi connectivity index (χ3v) is 3.48. The molecule has 0 aromatic heterocycles. The maximum absolute atomic E-state index is 11.0. The molecule has 1 fully saturated rings. The molecule has 1 aliphatic heterocycles. The molecule has 0 amide bonds. The van der Waals surface area contributed by atoms with Gasteiger partial charge < -0.3 is 14.3 Å². The van der Waals surface area contributed by atoms with Gasteiger partial charge in [-0.05, 0) is 37.0 Å². The predicted molar refractivity (Wildman–Crippen MR) is 74.4 cm³/mol. The average molecular weight is 262 g/mol. The van der Waals surface area contributed by atoms with Crippen LogP contribution in [0.5, 0.6) is 5.75 Å². The topological polar surface area (TPSA) is 35.5 Å². The Bertz CT molecular complexity index is 379. The van der Waals surface area contributed by atoms with Gasteiger partial charge in [-0.1, -0.05) is 25.5 Å². The Morgan fingerprint density at radius 3 is 2.74 bits per heavy atom. The van der Waals surface area contributed by atoms with Crippen molar-refractivity contribution < 1.29 is 14.3 Å². The second-order valence-corrected chi connectivity index (χ2v) is 5.01. The van der Waals surface area contributed by atoms with Gasteiger partial charge in [-0.25, -0.2) is 0 Å². The smallest absolute Gasteiger partial charge is 0.199 e. The molecule has 19 heavy (non-hydrogen) atoms. The molecule has 0 radical (unpaired) electrons. The first-order valence-electron chi connectivity index (χ1n) is 7.17. The molecule has 1 heterocycles. The maximum atomic E-state index is 11.0. The van der Waals surface area contributed by atoms with Crippen LogP contribution in [0, 0.1) is 0 Å². The molecule has 3 nitrogen and oxygen atoms in total. The monoisotopic (exact) mass is 262 g/mol. The van der Waals surface area contributed by atoms with E-state index >= 15 is 0 Å². The van der Waals surface area contributed by atoms with Gasteiger partial charge >= 0.3 is 0 Å². The third-order valence-electron chi connectivity index (χ3n) is 3.48. The van der Waals surface area contributed by atoms with Crippen molar-refractivity contribution in [1.29, 1.82) is 0 Å². The molecule has 0 saturated carbocycles. The minimum Gasteiger partial charge on any atom is -0.465 e. The summed E-state index contributed by atoms with van der Waals surface area (Å²) in [4.78, 5) is 11.0. The van der Waals surface area contributed by atoms with E-state index in [1.807, 2.05) is 24.3 Å². The van der Waals surface area contributed by atoms with Crippen molar-refractivity contribution >= 4 is 6.29 Å². The number of benzene rings is 1. The van der Waals surface area contributed by atoms with Crippen LogP contribution in [0.3, 0.4) is 0 Å². The van der Waals surface area contributed by atoms with Crippen LogP contribution in [0.1, 0.15) is 50.5 Å². The van der Waals surface area contributed by atoms with E-state index in [0.717, 1.165) is 56.3 Å². The van der Waals surface area contributed by atoms with Crippen LogP contribution in [0.4, 0.5) is 0 Å². The summed E-state index contributed by atoms with van der Waals surface area (Å²) in [5.41, 5.74) is 1.06. The number of rotatable bonds is 6. The van der Waals surface area contributed by atoms with E-state index in [2.05, 4.69) is 6.92 Å². The second kappa shape index (κ2) is 7.29. The van der Waals surface area contributed by atoms with Crippen LogP contribution in [-0.4, -0.2) is 19.2 Å². The van der Waals surface area contributed by atoms with Crippen molar-refractivity contribution in [2.24, 2.45) is 0 Å². The molecule has 1 aromatic rings. The molecule has 2 atom stereocenters. The van der Waals surface area contributed by atoms with Gasteiger partial charge in [0.15, 0.2) is 6.29 Å². The fraction of sp³-hybridized carbons (Fsp3) is 0.562. The van der Waals surface area contributed by atoms with E-state index in [4.69, 9.17) is 9.47 Å². The van der Waals surface area contributed by atoms with Crippen LogP contribution in [0.15, 0.2) is 24.3 Å². The molecule has 3 heteroatoms. The predicted octanol–water partition coefficient (Wildman–Crippen LogP) is 3.67. The molecule has 0 aliphatic carbocycles. The maximum Gasteiger partial charge on any atom is 0.199 e. The van der Waals surface area contributed by atoms with Crippen LogP contribution in [0.2, 0.25) is 0 Å². The number of hydrogen-bond acceptors (Lipinski definition) is 3. The van der Waals surface area contributed by atoms with Crippen molar-refractivity contribution in [2.45, 2.75) is 51.2 Å². The zero-order valence-electron chi connectivity index (χ0n) is 11.5. The fourth-order valence-electron chi connectivity index (χ4n) is 2.37. The van der Waals surface area contributed by atoms with Crippen LogP contribution in [-0.2, 0) is 9.53 Å². The molecule has 0 bridgehead atoms. The Hall–Kier alpha value is -1.35. The summed E-state index contributed by atoms with van der Waals surface area (Å²) in [6.45, 7) is 2.88. The lowest BCUT2D eigenvalue weighted by atomic mass is 9.96. The lowest BCUT2D eigenvalue weighted by molar-refractivity contribution is -0.109. The van der Waals surface area contributed by atoms with Crippen LogP contribution >= 0.6 is 0 Å². The zero-order chi connectivity index (χ0) is 13.5. The van der Waals surface area contributed by atoms with Gasteiger partial charge in [0.2, 0.25) is 0 Å². The standard InChI is InChI=1S/C16H22O3/c1-2-5-14(12-17)13-7-9-15(10-8-13)19-16-6-3-4-11-18-16/h7-10,12,14,16H,2-6,11H2,1H3. The zero-order valence-corrected chi connectivity index (χ0v) is 11.5. The Morgan fingerprint density at radius 2 is 2.16 bits per heavy atom. The summed E-state index contributed by atoms with van der Waals surface area (Å²) in [7, 11) is 0. The SMILES string of the molecule is CCCC(C=O)c1ccc(OC2CCCCO2)cc1. The number of hydrogen-bond donors (Lipinski definition) is 0. The highest BCUT2D eigenvalue weighted by Gasteiger charge is 2.15. The van der Waals surface area contributed by atoms with E-state index in [1.54, 1.807) is 0 Å². The first-order valence-corrected chi connectivity index (χ1v) is 7.17. The van der Waals surface area contributed by atoms with Crippen molar-refractivity contribution in [3.05, 3.63) is 29.8 Å². The van der Waals surface area contributed by atoms with E-state index in [1.165, 1.54) is 0 Å². The lowest BCUT2D eigenvalue weighted by Gasteiger charge is -2.23. The fourth-order valence-corrected chi connectivity index (χ4v) is 2.37. The van der Waals surface area contributed by atoms with Crippen molar-refractivity contribution in [3.63, 3.8) is 0 Å². The first-order chi connectivity index (χ1) is 9.33. The molecule has 104 valence electrons. The number of carbonyl (C=O) groups is 1. The molecule has 0 N–H and O–H groups in total. The van der Waals surface area contributed by atoms with E-state index in [9.17, 15) is 4.79 Å². The normalized spacial score (nSPS) is 20.8. The van der Waals surface area contributed by atoms with Crippen LogP contribution in [0.25, 0.3) is 0 Å². The molecule has 1 aliphatic rings. The van der Waals surface area contributed by atoms with Gasteiger partial charge in [-0.15, -0.1) is 0 Å². The van der Waals surface area contributed by atoms with Crippen molar-refractivity contribution in [2.75, 3.05) is 6.61 Å². The molecule has 1 saturated heterocycles. The highest BCUT2D eigenvalue weighted by molar-refractivity contribution is 5.62. The van der Waals surface area contributed by atoms with Gasteiger partial charge in [-0.3, -0.25) is 0 Å². The van der Waals surface area contributed by atoms with Crippen LogP contribution < -0.4 is 4.74 Å². The quantitative estimate of drug-likeness (QED) is 0.734. The number of ether oxygens (including phenoxy) is 2. The van der Waals surface area contributed by atoms with E-state index in [0.29, 0.717) is 0 Å². The summed E-state index contributed by atoms with van der Waals surface area (Å²) in [5.74, 6) is 0.821. The third kappa shape index (κ3) is 4.06. The molecule has 0 spiro atoms. The van der Waals surface area contributed by atoms with Gasteiger partial charge in [0.05, 0.1) is 6.61 Å². The van der Waals surface area contributed by atoms with Gasteiger partial charge in [-0.2, -0.15) is 0 Å². The number of aldehydes is 1. The van der Waals surface area contributed by atoms with Gasteiger partial charge in [0.1, 0.15) is 12.0 Å². The highest BCUT2D eigenvalue weighted by Crippen LogP contribution is 2.24.